The number of likely N-dealkylation sites (tertiary alicyclic amines) is 1. The number of fused-ring (bicyclic) bond motifs is 2. The molecular formula is C23H37N5O. The Morgan fingerprint density at radius 1 is 1.00 bits per heavy atom. The zero-order chi connectivity index (χ0) is 20.5. The first-order valence-electron chi connectivity index (χ1n) is 11.5. The Balaban J connectivity index is 1.14. The Hall–Kier alpha value is -1.69. The highest BCUT2D eigenvalue weighted by molar-refractivity contribution is 5.85. The molecule has 160 valence electrons. The fourth-order valence-electron chi connectivity index (χ4n) is 5.63. The van der Waals surface area contributed by atoms with Gasteiger partial charge in [0.05, 0.1) is 5.41 Å². The number of piperidine rings is 1. The van der Waals surface area contributed by atoms with E-state index in [9.17, 15) is 4.79 Å². The number of carbonyl (C=O) groups excluding carboxylic acids is 1. The summed E-state index contributed by atoms with van der Waals surface area (Å²) in [6.07, 6.45) is 9.47. The number of piperazine rings is 1. The fourth-order valence-corrected chi connectivity index (χ4v) is 5.63. The molecule has 3 heterocycles. The van der Waals surface area contributed by atoms with Crippen LogP contribution >= 0.6 is 0 Å². The van der Waals surface area contributed by atoms with E-state index in [0.29, 0.717) is 11.8 Å². The Morgan fingerprint density at radius 3 is 2.41 bits per heavy atom. The molecular weight excluding hydrogens is 362 g/mol. The summed E-state index contributed by atoms with van der Waals surface area (Å²) in [7, 11) is 0. The summed E-state index contributed by atoms with van der Waals surface area (Å²) < 4.78 is 0. The molecule has 6 nitrogen and oxygen atoms in total. The number of amides is 1. The van der Waals surface area contributed by atoms with Crippen LogP contribution in [0.3, 0.4) is 0 Å². The normalized spacial score (nSPS) is 29.5. The van der Waals surface area contributed by atoms with Gasteiger partial charge in [-0.05, 0) is 49.6 Å². The van der Waals surface area contributed by atoms with Crippen molar-refractivity contribution in [3.05, 3.63) is 18.5 Å². The second kappa shape index (κ2) is 8.21. The second-order valence-corrected chi connectivity index (χ2v) is 9.98. The third-order valence-corrected chi connectivity index (χ3v) is 8.25. The van der Waals surface area contributed by atoms with Gasteiger partial charge in [-0.15, -0.1) is 0 Å². The van der Waals surface area contributed by atoms with E-state index in [-0.39, 0.29) is 10.8 Å². The number of carbonyl (C=O) groups is 1. The monoisotopic (exact) mass is 399 g/mol. The van der Waals surface area contributed by atoms with E-state index < -0.39 is 0 Å². The molecule has 0 aromatic carbocycles. The first-order chi connectivity index (χ1) is 13.9. The number of anilines is 1. The molecule has 1 unspecified atom stereocenters. The maximum absolute atomic E-state index is 13.1. The Bertz CT molecular complexity index is 700. The molecule has 1 amide bonds. The van der Waals surface area contributed by atoms with Crippen molar-refractivity contribution in [3.63, 3.8) is 0 Å². The molecule has 1 aliphatic carbocycles. The fraction of sp³-hybridized carbons (Fsp3) is 0.783. The van der Waals surface area contributed by atoms with Gasteiger partial charge in [-0.3, -0.25) is 9.69 Å². The maximum Gasteiger partial charge on any atom is 0.229 e. The van der Waals surface area contributed by atoms with Crippen molar-refractivity contribution in [2.75, 3.05) is 50.7 Å². The van der Waals surface area contributed by atoms with E-state index in [4.69, 9.17) is 0 Å². The lowest BCUT2D eigenvalue weighted by Gasteiger charge is -2.49. The van der Waals surface area contributed by atoms with Crippen molar-refractivity contribution < 1.29 is 4.79 Å². The number of rotatable bonds is 7. The molecule has 2 atom stereocenters. The van der Waals surface area contributed by atoms with Gasteiger partial charge in [-0.2, -0.15) is 0 Å². The zero-order valence-electron chi connectivity index (χ0n) is 18.4. The summed E-state index contributed by atoms with van der Waals surface area (Å²) in [4.78, 5) is 28.8. The largest absolute Gasteiger partial charge is 0.342 e. The van der Waals surface area contributed by atoms with Gasteiger partial charge in [0, 0.05) is 51.7 Å². The number of hydrogen-bond donors (Lipinski definition) is 0. The third kappa shape index (κ3) is 3.88. The lowest BCUT2D eigenvalue weighted by Crippen LogP contribution is -2.56. The molecule has 2 aliphatic heterocycles. The zero-order valence-corrected chi connectivity index (χ0v) is 18.4. The number of unbranched alkanes of at least 4 members (excludes halogenated alkanes) is 2. The van der Waals surface area contributed by atoms with E-state index in [0.717, 1.165) is 64.6 Å². The molecule has 2 bridgehead atoms. The molecule has 1 aromatic heterocycles. The summed E-state index contributed by atoms with van der Waals surface area (Å²) in [5.41, 5.74) is 0.0194. The minimum atomic E-state index is -0.141. The van der Waals surface area contributed by atoms with E-state index in [1.807, 2.05) is 18.5 Å². The smallest absolute Gasteiger partial charge is 0.229 e. The van der Waals surface area contributed by atoms with Crippen LogP contribution in [0.15, 0.2) is 18.5 Å². The lowest BCUT2D eigenvalue weighted by molar-refractivity contribution is -0.155. The van der Waals surface area contributed by atoms with E-state index >= 15 is 0 Å². The van der Waals surface area contributed by atoms with Crippen LogP contribution in [-0.4, -0.2) is 71.5 Å². The molecule has 0 spiro atoms. The van der Waals surface area contributed by atoms with Crippen molar-refractivity contribution in [3.8, 4) is 0 Å². The van der Waals surface area contributed by atoms with Crippen molar-refractivity contribution in [2.24, 2.45) is 16.7 Å². The van der Waals surface area contributed by atoms with Crippen LogP contribution in [0.25, 0.3) is 0 Å². The van der Waals surface area contributed by atoms with E-state index in [1.165, 1.54) is 19.3 Å². The summed E-state index contributed by atoms with van der Waals surface area (Å²) in [5, 5.41) is 0. The molecule has 29 heavy (non-hydrogen) atoms. The van der Waals surface area contributed by atoms with Gasteiger partial charge in [-0.1, -0.05) is 27.2 Å². The summed E-state index contributed by atoms with van der Waals surface area (Å²) >= 11 is 0. The summed E-state index contributed by atoms with van der Waals surface area (Å²) in [6.45, 7) is 14.1. The second-order valence-electron chi connectivity index (χ2n) is 9.98. The molecule has 6 heteroatoms. The van der Waals surface area contributed by atoms with Gasteiger partial charge < -0.3 is 9.80 Å². The van der Waals surface area contributed by atoms with Crippen LogP contribution in [-0.2, 0) is 4.79 Å². The predicted octanol–water partition coefficient (Wildman–Crippen LogP) is 3.05. The minimum Gasteiger partial charge on any atom is -0.342 e. The number of nitrogens with zero attached hydrogens (tertiary/aromatic N) is 5. The van der Waals surface area contributed by atoms with Gasteiger partial charge in [0.25, 0.3) is 0 Å². The summed E-state index contributed by atoms with van der Waals surface area (Å²) in [6, 6.07) is 1.86. The van der Waals surface area contributed by atoms with Crippen LogP contribution in [0.1, 0.15) is 52.9 Å². The van der Waals surface area contributed by atoms with Gasteiger partial charge in [-0.25, -0.2) is 9.97 Å². The average molecular weight is 400 g/mol. The van der Waals surface area contributed by atoms with E-state index in [1.54, 1.807) is 0 Å². The molecule has 0 N–H and O–H groups in total. The van der Waals surface area contributed by atoms with Crippen molar-refractivity contribution >= 4 is 11.9 Å². The predicted molar refractivity (Wildman–Crippen MR) is 116 cm³/mol. The van der Waals surface area contributed by atoms with Gasteiger partial charge in [0.1, 0.15) is 0 Å². The topological polar surface area (TPSA) is 52.6 Å². The highest BCUT2D eigenvalue weighted by atomic mass is 16.2. The first-order valence-corrected chi connectivity index (χ1v) is 11.5. The minimum absolute atomic E-state index is 0.141. The Kier molecular flexibility index (Phi) is 5.83. The van der Waals surface area contributed by atoms with Gasteiger partial charge in [0.15, 0.2) is 0 Å². The van der Waals surface area contributed by atoms with E-state index in [2.05, 4.69) is 45.4 Å². The van der Waals surface area contributed by atoms with Crippen LogP contribution in [0.2, 0.25) is 0 Å². The molecule has 1 saturated carbocycles. The summed E-state index contributed by atoms with van der Waals surface area (Å²) in [5.74, 6) is 1.94. The van der Waals surface area contributed by atoms with Gasteiger partial charge in [0.2, 0.25) is 11.9 Å². The molecule has 3 aliphatic rings. The molecule has 4 rings (SSSR count). The van der Waals surface area contributed by atoms with Gasteiger partial charge >= 0.3 is 0 Å². The van der Waals surface area contributed by atoms with Crippen molar-refractivity contribution in [1.82, 2.24) is 19.8 Å². The van der Waals surface area contributed by atoms with Crippen LogP contribution < -0.4 is 4.90 Å². The average Bonchev–Trinajstić information content (AvgIpc) is 2.87. The highest BCUT2D eigenvalue weighted by Gasteiger charge is 2.60. The number of aromatic nitrogens is 2. The third-order valence-electron chi connectivity index (χ3n) is 8.25. The Morgan fingerprint density at radius 2 is 1.69 bits per heavy atom. The maximum atomic E-state index is 13.1. The first kappa shape index (κ1) is 20.6. The molecule has 1 aromatic rings. The van der Waals surface area contributed by atoms with Crippen LogP contribution in [0.5, 0.6) is 0 Å². The lowest BCUT2D eigenvalue weighted by atomic mass is 9.62. The standard InChI is InChI=1S/C23H37N5O/c1-22(2)19-8-9-23(22,3)20(29)28(18-19)13-6-4-5-12-26-14-16-27(17-15-26)21-24-10-7-11-25-21/h7,10-11,19H,4-6,8-9,12-18H2,1-3H3/t19?,23-/m0/s1. The van der Waals surface area contributed by atoms with Crippen molar-refractivity contribution in [2.45, 2.75) is 52.9 Å². The highest BCUT2D eigenvalue weighted by Crippen LogP contribution is 2.59. The number of hydrogen-bond acceptors (Lipinski definition) is 5. The quantitative estimate of drug-likeness (QED) is 0.660. The molecule has 3 fully saturated rings. The molecule has 0 radical (unpaired) electrons. The SMILES string of the molecule is CC1(C)C2CC[C@@]1(C)C(=O)N(CCCCCN1CCN(c3ncccn3)CC1)C2. The Labute approximate surface area is 175 Å². The van der Waals surface area contributed by atoms with Crippen LogP contribution in [0, 0.1) is 16.7 Å². The van der Waals surface area contributed by atoms with Crippen LogP contribution in [0.4, 0.5) is 5.95 Å². The molecule has 2 saturated heterocycles. The van der Waals surface area contributed by atoms with Crippen molar-refractivity contribution in [1.29, 1.82) is 0 Å².